The molecule has 2 rings (SSSR count). The Morgan fingerprint density at radius 2 is 1.79 bits per heavy atom. The van der Waals surface area contributed by atoms with Gasteiger partial charge in [0, 0.05) is 38.9 Å². The van der Waals surface area contributed by atoms with Gasteiger partial charge in [0.1, 0.15) is 23.0 Å². The smallest absolute Gasteiger partial charge is 0.410 e. The number of nitriles is 1. The fraction of sp³-hybridized carbons (Fsp3) is 0.476. The van der Waals surface area contributed by atoms with E-state index in [4.69, 9.17) is 9.47 Å². The molecule has 1 saturated heterocycles. The number of carbonyl (C=O) groups excluding carboxylic acids is 2. The minimum Gasteiger partial charge on any atom is -0.497 e. The van der Waals surface area contributed by atoms with Crippen molar-refractivity contribution >= 4 is 12.0 Å². The van der Waals surface area contributed by atoms with Crippen molar-refractivity contribution in [1.82, 2.24) is 15.1 Å². The Morgan fingerprint density at radius 3 is 2.31 bits per heavy atom. The second-order valence-electron chi connectivity index (χ2n) is 7.69. The normalized spacial score (nSPS) is 14.8. The molecule has 0 spiro atoms. The zero-order chi connectivity index (χ0) is 21.4. The van der Waals surface area contributed by atoms with E-state index >= 15 is 0 Å². The Labute approximate surface area is 171 Å². The number of piperazine rings is 1. The molecule has 1 aliphatic rings. The van der Waals surface area contributed by atoms with Crippen LogP contribution in [0.4, 0.5) is 4.79 Å². The first kappa shape index (κ1) is 22.1. The Bertz CT molecular complexity index is 782. The number of ether oxygens (including phenoxy) is 2. The van der Waals surface area contributed by atoms with Crippen molar-refractivity contribution in [3.8, 4) is 11.8 Å². The Kier molecular flexibility index (Phi) is 7.48. The maximum Gasteiger partial charge on any atom is 0.410 e. The molecule has 2 amide bonds. The van der Waals surface area contributed by atoms with E-state index in [1.807, 2.05) is 56.0 Å². The van der Waals surface area contributed by atoms with Crippen LogP contribution in [0.2, 0.25) is 0 Å². The van der Waals surface area contributed by atoms with Crippen molar-refractivity contribution in [2.24, 2.45) is 0 Å². The topological polar surface area (TPSA) is 94.9 Å². The Morgan fingerprint density at radius 1 is 1.17 bits per heavy atom. The van der Waals surface area contributed by atoms with Gasteiger partial charge in [0.2, 0.25) is 0 Å². The zero-order valence-corrected chi connectivity index (χ0v) is 17.4. The van der Waals surface area contributed by atoms with Crippen LogP contribution < -0.4 is 10.1 Å². The molecule has 0 atom stereocenters. The lowest BCUT2D eigenvalue weighted by Gasteiger charge is -2.35. The second-order valence-corrected chi connectivity index (χ2v) is 7.69. The molecule has 0 saturated carbocycles. The monoisotopic (exact) mass is 400 g/mol. The standard InChI is InChI=1S/C21H28N4O4/c1-21(2,3)29-20(27)25-11-9-24(10-12-25)15-17(13-22)19(26)23-14-16-5-7-18(28-4)8-6-16/h5-8,15H,9-12,14H2,1-4H3,(H,23,26)/b17-15-. The van der Waals surface area contributed by atoms with Gasteiger partial charge in [0.05, 0.1) is 7.11 Å². The number of methoxy groups -OCH3 is 1. The molecule has 1 fully saturated rings. The highest BCUT2D eigenvalue weighted by Gasteiger charge is 2.25. The molecule has 1 aromatic carbocycles. The molecule has 1 aromatic rings. The maximum absolute atomic E-state index is 12.3. The summed E-state index contributed by atoms with van der Waals surface area (Å²) in [6, 6.07) is 9.28. The molecule has 1 aliphatic heterocycles. The number of hydrogen-bond donors (Lipinski definition) is 1. The third kappa shape index (κ3) is 7.03. The van der Waals surface area contributed by atoms with Crippen molar-refractivity contribution in [2.45, 2.75) is 32.9 Å². The van der Waals surface area contributed by atoms with Crippen molar-refractivity contribution in [2.75, 3.05) is 33.3 Å². The molecule has 8 nitrogen and oxygen atoms in total. The molecule has 1 N–H and O–H groups in total. The van der Waals surface area contributed by atoms with E-state index in [-0.39, 0.29) is 11.7 Å². The molecule has 29 heavy (non-hydrogen) atoms. The van der Waals surface area contributed by atoms with E-state index in [2.05, 4.69) is 5.32 Å². The van der Waals surface area contributed by atoms with E-state index in [9.17, 15) is 14.9 Å². The lowest BCUT2D eigenvalue weighted by molar-refractivity contribution is -0.117. The maximum atomic E-state index is 12.3. The van der Waals surface area contributed by atoms with Crippen LogP contribution in [0.5, 0.6) is 5.75 Å². The van der Waals surface area contributed by atoms with Crippen LogP contribution in [0.1, 0.15) is 26.3 Å². The molecule has 0 aliphatic carbocycles. The van der Waals surface area contributed by atoms with Gasteiger partial charge >= 0.3 is 6.09 Å². The quantitative estimate of drug-likeness (QED) is 0.602. The SMILES string of the molecule is COc1ccc(CNC(=O)/C(C#N)=C\N2CCN(C(=O)OC(C)(C)C)CC2)cc1. The van der Waals surface area contributed by atoms with Gasteiger partial charge in [-0.15, -0.1) is 0 Å². The third-order valence-electron chi connectivity index (χ3n) is 4.25. The minimum absolute atomic E-state index is 0.0317. The number of rotatable bonds is 5. The van der Waals surface area contributed by atoms with E-state index in [0.29, 0.717) is 32.7 Å². The molecule has 0 aromatic heterocycles. The van der Waals surface area contributed by atoms with Crippen molar-refractivity contribution in [3.63, 3.8) is 0 Å². The Balaban J connectivity index is 1.86. The number of benzene rings is 1. The number of nitrogens with zero attached hydrogens (tertiary/aromatic N) is 3. The number of amides is 2. The molecule has 156 valence electrons. The number of hydrogen-bond acceptors (Lipinski definition) is 6. The van der Waals surface area contributed by atoms with Crippen LogP contribution >= 0.6 is 0 Å². The van der Waals surface area contributed by atoms with Crippen LogP contribution in [0.25, 0.3) is 0 Å². The molecule has 0 unspecified atom stereocenters. The predicted molar refractivity (Wildman–Crippen MR) is 108 cm³/mol. The summed E-state index contributed by atoms with van der Waals surface area (Å²) in [5.41, 5.74) is 0.399. The van der Waals surface area contributed by atoms with Gasteiger partial charge in [0.25, 0.3) is 5.91 Å². The third-order valence-corrected chi connectivity index (χ3v) is 4.25. The highest BCUT2D eigenvalue weighted by atomic mass is 16.6. The summed E-state index contributed by atoms with van der Waals surface area (Å²) >= 11 is 0. The van der Waals surface area contributed by atoms with Gasteiger partial charge in [-0.25, -0.2) is 4.79 Å². The average molecular weight is 400 g/mol. The summed E-state index contributed by atoms with van der Waals surface area (Å²) in [5, 5.41) is 12.1. The summed E-state index contributed by atoms with van der Waals surface area (Å²) in [7, 11) is 1.59. The van der Waals surface area contributed by atoms with E-state index in [1.165, 1.54) is 0 Å². The van der Waals surface area contributed by atoms with Gasteiger partial charge in [-0.3, -0.25) is 4.79 Å². The molecule has 0 radical (unpaired) electrons. The van der Waals surface area contributed by atoms with Crippen LogP contribution in [0.3, 0.4) is 0 Å². The van der Waals surface area contributed by atoms with Gasteiger partial charge in [0.15, 0.2) is 0 Å². The van der Waals surface area contributed by atoms with Crippen molar-refractivity contribution in [3.05, 3.63) is 41.6 Å². The van der Waals surface area contributed by atoms with Crippen LogP contribution in [-0.4, -0.2) is 60.7 Å². The van der Waals surface area contributed by atoms with Crippen LogP contribution in [-0.2, 0) is 16.1 Å². The fourth-order valence-electron chi connectivity index (χ4n) is 2.70. The zero-order valence-electron chi connectivity index (χ0n) is 17.4. The largest absolute Gasteiger partial charge is 0.497 e. The van der Waals surface area contributed by atoms with Crippen molar-refractivity contribution < 1.29 is 19.1 Å². The van der Waals surface area contributed by atoms with E-state index in [0.717, 1.165) is 11.3 Å². The summed E-state index contributed by atoms with van der Waals surface area (Å²) in [5.74, 6) is 0.307. The molecular formula is C21H28N4O4. The predicted octanol–water partition coefficient (Wildman–Crippen LogP) is 2.27. The van der Waals surface area contributed by atoms with E-state index in [1.54, 1.807) is 18.2 Å². The molecular weight excluding hydrogens is 372 g/mol. The van der Waals surface area contributed by atoms with Crippen LogP contribution in [0.15, 0.2) is 36.0 Å². The first-order valence-electron chi connectivity index (χ1n) is 9.47. The number of nitrogens with one attached hydrogen (secondary N) is 1. The summed E-state index contributed by atoms with van der Waals surface area (Å²) in [6.45, 7) is 7.78. The van der Waals surface area contributed by atoms with E-state index < -0.39 is 11.5 Å². The minimum atomic E-state index is -0.538. The average Bonchev–Trinajstić information content (AvgIpc) is 2.69. The summed E-state index contributed by atoms with van der Waals surface area (Å²) < 4.78 is 10.5. The van der Waals surface area contributed by atoms with Gasteiger partial charge in [-0.1, -0.05) is 12.1 Å². The first-order valence-corrected chi connectivity index (χ1v) is 9.47. The second kappa shape index (κ2) is 9.82. The summed E-state index contributed by atoms with van der Waals surface area (Å²) in [4.78, 5) is 27.9. The first-order chi connectivity index (χ1) is 13.7. The molecule has 0 bridgehead atoms. The van der Waals surface area contributed by atoms with Gasteiger partial charge in [-0.05, 0) is 38.5 Å². The lowest BCUT2D eigenvalue weighted by atomic mass is 10.2. The van der Waals surface area contributed by atoms with Crippen LogP contribution in [0, 0.1) is 11.3 Å². The number of carbonyl (C=O) groups is 2. The van der Waals surface area contributed by atoms with Gasteiger partial charge in [-0.2, -0.15) is 5.26 Å². The molecule has 8 heteroatoms. The molecule has 1 heterocycles. The van der Waals surface area contributed by atoms with Gasteiger partial charge < -0.3 is 24.6 Å². The summed E-state index contributed by atoms with van der Waals surface area (Å²) in [6.07, 6.45) is 1.20. The Hall–Kier alpha value is -3.21. The highest BCUT2D eigenvalue weighted by Crippen LogP contribution is 2.13. The highest BCUT2D eigenvalue weighted by molar-refractivity contribution is 5.97. The fourth-order valence-corrected chi connectivity index (χ4v) is 2.70. The lowest BCUT2D eigenvalue weighted by Crippen LogP contribution is -2.48. The van der Waals surface area contributed by atoms with Crippen molar-refractivity contribution in [1.29, 1.82) is 5.26 Å².